The van der Waals surface area contributed by atoms with E-state index in [2.05, 4.69) is 5.32 Å². The van der Waals surface area contributed by atoms with Crippen LogP contribution in [-0.4, -0.2) is 26.6 Å². The number of sulfonamides is 1. The highest BCUT2D eigenvalue weighted by molar-refractivity contribution is 7.92. The SMILES string of the molecule is C[C@@H](C(=O)NCc1ccc(Cl)cc1Cl)N(c1ccc(Cl)cc1)S(C)(=O)=O. The van der Waals surface area contributed by atoms with Gasteiger partial charge in [0.15, 0.2) is 0 Å². The zero-order chi connectivity index (χ0) is 19.5. The van der Waals surface area contributed by atoms with Gasteiger partial charge in [-0.1, -0.05) is 40.9 Å². The van der Waals surface area contributed by atoms with Crippen LogP contribution in [-0.2, 0) is 21.4 Å². The first-order valence-corrected chi connectivity index (χ1v) is 10.5. The molecule has 0 aliphatic carbocycles. The van der Waals surface area contributed by atoms with E-state index in [1.807, 2.05) is 0 Å². The Morgan fingerprint density at radius 3 is 2.19 bits per heavy atom. The Kier molecular flexibility index (Phi) is 6.80. The molecule has 0 radical (unpaired) electrons. The van der Waals surface area contributed by atoms with Gasteiger partial charge in [0.2, 0.25) is 15.9 Å². The lowest BCUT2D eigenvalue weighted by molar-refractivity contribution is -0.122. The quantitative estimate of drug-likeness (QED) is 0.742. The number of nitrogens with one attached hydrogen (secondary N) is 1. The van der Waals surface area contributed by atoms with Crippen molar-refractivity contribution in [3.05, 3.63) is 63.1 Å². The van der Waals surface area contributed by atoms with Crippen LogP contribution in [0.1, 0.15) is 12.5 Å². The standard InChI is InChI=1S/C17H17Cl3N2O3S/c1-11(17(23)21-10-12-3-4-14(19)9-16(12)20)22(26(2,24)25)15-7-5-13(18)6-8-15/h3-9,11H,10H2,1-2H3,(H,21,23)/t11-/m0/s1. The van der Waals surface area contributed by atoms with E-state index in [1.165, 1.54) is 6.92 Å². The first-order valence-electron chi connectivity index (χ1n) is 7.56. The molecular weight excluding hydrogens is 419 g/mol. The molecular formula is C17H17Cl3N2O3S. The van der Waals surface area contributed by atoms with Crippen molar-refractivity contribution in [2.24, 2.45) is 0 Å². The van der Waals surface area contributed by atoms with Crippen molar-refractivity contribution in [3.8, 4) is 0 Å². The van der Waals surface area contributed by atoms with Gasteiger partial charge < -0.3 is 5.32 Å². The Balaban J connectivity index is 2.18. The fourth-order valence-corrected chi connectivity index (χ4v) is 4.17. The smallest absolute Gasteiger partial charge is 0.243 e. The minimum Gasteiger partial charge on any atom is -0.350 e. The molecule has 1 amide bonds. The third kappa shape index (κ3) is 5.27. The van der Waals surface area contributed by atoms with Crippen LogP contribution in [0.2, 0.25) is 15.1 Å². The number of hydrogen-bond acceptors (Lipinski definition) is 3. The molecule has 0 aromatic heterocycles. The van der Waals surface area contributed by atoms with Gasteiger partial charge in [0.25, 0.3) is 0 Å². The Morgan fingerprint density at radius 2 is 1.65 bits per heavy atom. The zero-order valence-corrected chi connectivity index (χ0v) is 17.1. The molecule has 5 nitrogen and oxygen atoms in total. The maximum atomic E-state index is 12.5. The predicted octanol–water partition coefficient (Wildman–Crippen LogP) is 4.12. The molecule has 0 aliphatic rings. The van der Waals surface area contributed by atoms with E-state index in [1.54, 1.807) is 42.5 Å². The highest BCUT2D eigenvalue weighted by atomic mass is 35.5. The molecule has 0 unspecified atom stereocenters. The van der Waals surface area contributed by atoms with E-state index in [0.29, 0.717) is 26.3 Å². The molecule has 26 heavy (non-hydrogen) atoms. The summed E-state index contributed by atoms with van der Waals surface area (Å²) < 4.78 is 25.5. The number of benzene rings is 2. The molecule has 0 heterocycles. The summed E-state index contributed by atoms with van der Waals surface area (Å²) in [7, 11) is -3.69. The fraction of sp³-hybridized carbons (Fsp3) is 0.235. The Bertz CT molecular complexity index is 902. The number of carbonyl (C=O) groups excluding carboxylic acids is 1. The summed E-state index contributed by atoms with van der Waals surface area (Å²) in [6.45, 7) is 1.66. The van der Waals surface area contributed by atoms with Crippen LogP contribution in [0.4, 0.5) is 5.69 Å². The van der Waals surface area contributed by atoms with Crippen LogP contribution in [0.3, 0.4) is 0 Å². The minimum atomic E-state index is -3.69. The molecule has 0 saturated carbocycles. The van der Waals surface area contributed by atoms with Crippen LogP contribution >= 0.6 is 34.8 Å². The summed E-state index contributed by atoms with van der Waals surface area (Å²) in [4.78, 5) is 12.5. The van der Waals surface area contributed by atoms with Gasteiger partial charge >= 0.3 is 0 Å². The van der Waals surface area contributed by atoms with Gasteiger partial charge in [-0.3, -0.25) is 9.10 Å². The molecule has 0 saturated heterocycles. The predicted molar refractivity (Wildman–Crippen MR) is 107 cm³/mol. The van der Waals surface area contributed by atoms with Gasteiger partial charge in [-0.2, -0.15) is 0 Å². The minimum absolute atomic E-state index is 0.150. The first-order chi connectivity index (χ1) is 12.1. The van der Waals surface area contributed by atoms with E-state index in [0.717, 1.165) is 10.6 Å². The Morgan fingerprint density at radius 1 is 1.08 bits per heavy atom. The average molecular weight is 436 g/mol. The number of anilines is 1. The van der Waals surface area contributed by atoms with Crippen molar-refractivity contribution in [1.82, 2.24) is 5.32 Å². The number of hydrogen-bond donors (Lipinski definition) is 1. The highest BCUT2D eigenvalue weighted by Gasteiger charge is 2.29. The topological polar surface area (TPSA) is 66.5 Å². The van der Waals surface area contributed by atoms with Gasteiger partial charge in [0.1, 0.15) is 6.04 Å². The van der Waals surface area contributed by atoms with Crippen LogP contribution < -0.4 is 9.62 Å². The maximum absolute atomic E-state index is 12.5. The number of nitrogens with zero attached hydrogens (tertiary/aromatic N) is 1. The summed E-state index contributed by atoms with van der Waals surface area (Å²) >= 11 is 17.8. The van der Waals surface area contributed by atoms with Crippen molar-refractivity contribution in [2.45, 2.75) is 19.5 Å². The van der Waals surface area contributed by atoms with Gasteiger partial charge in [0, 0.05) is 21.6 Å². The second-order valence-electron chi connectivity index (χ2n) is 5.66. The van der Waals surface area contributed by atoms with E-state index >= 15 is 0 Å². The number of rotatable bonds is 6. The monoisotopic (exact) mass is 434 g/mol. The number of amides is 1. The summed E-state index contributed by atoms with van der Waals surface area (Å²) in [5.41, 5.74) is 1.03. The van der Waals surface area contributed by atoms with Crippen LogP contribution in [0.25, 0.3) is 0 Å². The van der Waals surface area contributed by atoms with E-state index < -0.39 is 22.0 Å². The van der Waals surface area contributed by atoms with Gasteiger partial charge in [-0.15, -0.1) is 0 Å². The van der Waals surface area contributed by atoms with Crippen LogP contribution in [0.15, 0.2) is 42.5 Å². The lowest BCUT2D eigenvalue weighted by atomic mass is 10.2. The molecule has 2 rings (SSSR count). The molecule has 0 bridgehead atoms. The zero-order valence-electron chi connectivity index (χ0n) is 14.0. The lowest BCUT2D eigenvalue weighted by Gasteiger charge is -2.28. The van der Waals surface area contributed by atoms with Crippen LogP contribution in [0.5, 0.6) is 0 Å². The summed E-state index contributed by atoms with van der Waals surface area (Å²) in [5.74, 6) is -0.462. The van der Waals surface area contributed by atoms with E-state index in [9.17, 15) is 13.2 Å². The molecule has 0 fully saturated rings. The molecule has 1 atom stereocenters. The molecule has 0 spiro atoms. The third-order valence-electron chi connectivity index (χ3n) is 3.64. The Labute approximate surface area is 167 Å². The molecule has 1 N–H and O–H groups in total. The van der Waals surface area contributed by atoms with Gasteiger partial charge in [-0.25, -0.2) is 8.42 Å². The summed E-state index contributed by atoms with van der Waals surface area (Å²) in [6.07, 6.45) is 1.04. The highest BCUT2D eigenvalue weighted by Crippen LogP contribution is 2.24. The molecule has 0 aliphatic heterocycles. The second-order valence-corrected chi connectivity index (χ2v) is 8.80. The average Bonchev–Trinajstić information content (AvgIpc) is 2.54. The van der Waals surface area contributed by atoms with E-state index in [-0.39, 0.29) is 6.54 Å². The summed E-state index contributed by atoms with van der Waals surface area (Å²) in [5, 5.41) is 4.07. The molecule has 2 aromatic carbocycles. The largest absolute Gasteiger partial charge is 0.350 e. The van der Waals surface area contributed by atoms with Crippen molar-refractivity contribution < 1.29 is 13.2 Å². The summed E-state index contributed by atoms with van der Waals surface area (Å²) in [6, 6.07) is 10.2. The fourth-order valence-electron chi connectivity index (χ4n) is 2.39. The first kappa shape index (κ1) is 20.8. The maximum Gasteiger partial charge on any atom is 0.243 e. The number of carbonyl (C=O) groups is 1. The molecule has 140 valence electrons. The van der Waals surface area contributed by atoms with Gasteiger partial charge in [0.05, 0.1) is 11.9 Å². The van der Waals surface area contributed by atoms with Crippen molar-refractivity contribution in [3.63, 3.8) is 0 Å². The van der Waals surface area contributed by atoms with Crippen molar-refractivity contribution in [2.75, 3.05) is 10.6 Å². The van der Waals surface area contributed by atoms with E-state index in [4.69, 9.17) is 34.8 Å². The molecule has 9 heteroatoms. The van der Waals surface area contributed by atoms with Gasteiger partial charge in [-0.05, 0) is 48.9 Å². The normalized spacial score (nSPS) is 12.5. The Hall–Kier alpha value is -1.47. The number of halogens is 3. The molecule has 2 aromatic rings. The van der Waals surface area contributed by atoms with Crippen molar-refractivity contribution in [1.29, 1.82) is 0 Å². The van der Waals surface area contributed by atoms with Crippen LogP contribution in [0, 0.1) is 0 Å². The second kappa shape index (κ2) is 8.48. The van der Waals surface area contributed by atoms with Crippen molar-refractivity contribution >= 4 is 56.4 Å². The lowest BCUT2D eigenvalue weighted by Crippen LogP contribution is -2.47. The third-order valence-corrected chi connectivity index (χ3v) is 5.72.